The molecule has 0 atom stereocenters. The molecule has 32 heavy (non-hydrogen) atoms. The van der Waals surface area contributed by atoms with Crippen LogP contribution in [0.4, 0.5) is 5.69 Å². The van der Waals surface area contributed by atoms with E-state index in [0.717, 1.165) is 43.5 Å². The minimum atomic E-state index is -3.55. The molecule has 0 amide bonds. The predicted octanol–water partition coefficient (Wildman–Crippen LogP) is 6.82. The molecule has 0 N–H and O–H groups in total. The number of unbranched alkanes of at least 4 members (excludes halogenated alkanes) is 4. The maximum Gasteiger partial charge on any atom is 0.243 e. The van der Waals surface area contributed by atoms with E-state index in [0.29, 0.717) is 23.9 Å². The third-order valence-corrected chi connectivity index (χ3v) is 7.98. The molecule has 0 fully saturated rings. The Bertz CT molecular complexity index is 886. The van der Waals surface area contributed by atoms with E-state index >= 15 is 0 Å². The van der Waals surface area contributed by atoms with Crippen LogP contribution in [-0.4, -0.2) is 32.4 Å². The molecule has 0 spiro atoms. The normalized spacial score (nSPS) is 12.0. The molecule has 0 saturated carbocycles. The van der Waals surface area contributed by atoms with Gasteiger partial charge >= 0.3 is 0 Å². The molecule has 0 unspecified atom stereocenters. The van der Waals surface area contributed by atoms with Crippen molar-refractivity contribution >= 4 is 15.7 Å². The largest absolute Gasteiger partial charge is 0.372 e. The molecule has 0 aromatic heterocycles. The van der Waals surface area contributed by atoms with Crippen LogP contribution in [0.5, 0.6) is 0 Å². The summed E-state index contributed by atoms with van der Waals surface area (Å²) in [5.74, 6) is 0.380. The molecule has 0 aliphatic heterocycles. The van der Waals surface area contributed by atoms with Gasteiger partial charge in [-0.1, -0.05) is 70.7 Å². The lowest BCUT2D eigenvalue weighted by atomic mass is 10.0. The first-order valence-corrected chi connectivity index (χ1v) is 13.7. The fourth-order valence-corrected chi connectivity index (χ4v) is 5.42. The van der Waals surface area contributed by atoms with E-state index in [1.165, 1.54) is 18.5 Å². The Kier molecular flexibility index (Phi) is 10.7. The lowest BCUT2D eigenvalue weighted by Gasteiger charge is -2.24. The quantitative estimate of drug-likeness (QED) is 0.292. The van der Waals surface area contributed by atoms with Gasteiger partial charge < -0.3 is 4.90 Å². The first kappa shape index (κ1) is 26.4. The van der Waals surface area contributed by atoms with E-state index in [-0.39, 0.29) is 0 Å². The first-order valence-electron chi connectivity index (χ1n) is 12.3. The molecule has 2 aromatic rings. The highest BCUT2D eigenvalue weighted by molar-refractivity contribution is 7.89. The second-order valence-electron chi connectivity index (χ2n) is 8.82. The molecule has 0 aliphatic carbocycles. The summed E-state index contributed by atoms with van der Waals surface area (Å²) in [6.45, 7) is 13.6. The van der Waals surface area contributed by atoms with Crippen molar-refractivity contribution in [3.63, 3.8) is 0 Å². The molecular weight excluding hydrogens is 416 g/mol. The monoisotopic (exact) mass is 458 g/mol. The fourth-order valence-electron chi connectivity index (χ4n) is 3.95. The van der Waals surface area contributed by atoms with Gasteiger partial charge in [0, 0.05) is 31.9 Å². The van der Waals surface area contributed by atoms with Crippen molar-refractivity contribution in [2.24, 2.45) is 0 Å². The second kappa shape index (κ2) is 13.0. The summed E-state index contributed by atoms with van der Waals surface area (Å²) in [6.07, 6.45) is 5.50. The van der Waals surface area contributed by atoms with Crippen LogP contribution < -0.4 is 4.90 Å². The summed E-state index contributed by atoms with van der Waals surface area (Å²) in [5.41, 5.74) is 3.36. The highest BCUT2D eigenvalue weighted by Gasteiger charge is 2.24. The second-order valence-corrected chi connectivity index (χ2v) is 10.8. The average Bonchev–Trinajstić information content (AvgIpc) is 2.80. The first-order chi connectivity index (χ1) is 15.3. The van der Waals surface area contributed by atoms with Gasteiger partial charge in [-0.15, -0.1) is 0 Å². The van der Waals surface area contributed by atoms with Crippen molar-refractivity contribution in [1.29, 1.82) is 0 Å². The van der Waals surface area contributed by atoms with E-state index in [2.05, 4.69) is 63.8 Å². The third-order valence-electron chi connectivity index (χ3n) is 6.12. The lowest BCUT2D eigenvalue weighted by molar-refractivity contribution is 0.392. The van der Waals surface area contributed by atoms with Crippen LogP contribution in [-0.2, 0) is 16.6 Å². The molecule has 2 rings (SSSR count). The van der Waals surface area contributed by atoms with E-state index in [4.69, 9.17) is 0 Å². The Labute approximate surface area is 196 Å². The standard InChI is InChI=1S/C27H42N2O2S/c1-6-9-10-11-12-21-29(22-24-13-17-26(18-14-24)28(7-2)8-3)32(30,31)27-19-15-25(16-20-27)23(4)5/h13-20,23H,6-12,21-22H2,1-5H3. The SMILES string of the molecule is CCCCCCCN(Cc1ccc(N(CC)CC)cc1)S(=O)(=O)c1ccc(C(C)C)cc1. The van der Waals surface area contributed by atoms with Crippen molar-refractivity contribution in [3.8, 4) is 0 Å². The summed E-state index contributed by atoms with van der Waals surface area (Å²) in [5, 5.41) is 0. The van der Waals surface area contributed by atoms with Crippen LogP contribution in [0.1, 0.15) is 83.8 Å². The third kappa shape index (κ3) is 7.35. The van der Waals surface area contributed by atoms with Gasteiger partial charge in [0.25, 0.3) is 0 Å². The smallest absolute Gasteiger partial charge is 0.243 e. The van der Waals surface area contributed by atoms with Crippen LogP contribution in [0.3, 0.4) is 0 Å². The maximum absolute atomic E-state index is 13.5. The van der Waals surface area contributed by atoms with Crippen LogP contribution in [0, 0.1) is 0 Å². The number of anilines is 1. The molecular formula is C27H42N2O2S. The van der Waals surface area contributed by atoms with Crippen molar-refractivity contribution < 1.29 is 8.42 Å². The molecule has 0 bridgehead atoms. The Morgan fingerprint density at radius 2 is 1.38 bits per heavy atom. The van der Waals surface area contributed by atoms with Gasteiger partial charge in [0.1, 0.15) is 0 Å². The lowest BCUT2D eigenvalue weighted by Crippen LogP contribution is -2.31. The minimum Gasteiger partial charge on any atom is -0.372 e. The van der Waals surface area contributed by atoms with Gasteiger partial charge in [0.2, 0.25) is 10.0 Å². The maximum atomic E-state index is 13.5. The summed E-state index contributed by atoms with van der Waals surface area (Å²) in [7, 11) is -3.55. The highest BCUT2D eigenvalue weighted by Crippen LogP contribution is 2.23. The van der Waals surface area contributed by atoms with Gasteiger partial charge in [-0.05, 0) is 61.6 Å². The number of rotatable bonds is 14. The summed E-state index contributed by atoms with van der Waals surface area (Å²) < 4.78 is 28.7. The zero-order valence-electron chi connectivity index (χ0n) is 20.7. The van der Waals surface area contributed by atoms with Gasteiger partial charge in [-0.2, -0.15) is 4.31 Å². The zero-order valence-corrected chi connectivity index (χ0v) is 21.5. The Morgan fingerprint density at radius 1 is 0.781 bits per heavy atom. The Hall–Kier alpha value is -1.85. The summed E-state index contributed by atoms with van der Waals surface area (Å²) in [4.78, 5) is 2.68. The molecule has 178 valence electrons. The van der Waals surface area contributed by atoms with Crippen LogP contribution in [0.2, 0.25) is 0 Å². The van der Waals surface area contributed by atoms with E-state index in [9.17, 15) is 8.42 Å². The topological polar surface area (TPSA) is 40.6 Å². The van der Waals surface area contributed by atoms with Gasteiger partial charge in [0.05, 0.1) is 4.90 Å². The van der Waals surface area contributed by atoms with E-state index < -0.39 is 10.0 Å². The van der Waals surface area contributed by atoms with Gasteiger partial charge in [-0.25, -0.2) is 8.42 Å². The van der Waals surface area contributed by atoms with Gasteiger partial charge in [0.15, 0.2) is 0 Å². The van der Waals surface area contributed by atoms with Crippen molar-refractivity contribution in [3.05, 3.63) is 59.7 Å². The van der Waals surface area contributed by atoms with Gasteiger partial charge in [-0.3, -0.25) is 0 Å². The number of nitrogens with zero attached hydrogens (tertiary/aromatic N) is 2. The zero-order chi connectivity index (χ0) is 23.6. The van der Waals surface area contributed by atoms with Crippen molar-refractivity contribution in [2.75, 3.05) is 24.5 Å². The average molecular weight is 459 g/mol. The molecule has 2 aromatic carbocycles. The molecule has 4 nitrogen and oxygen atoms in total. The van der Waals surface area contributed by atoms with Crippen molar-refractivity contribution in [1.82, 2.24) is 4.31 Å². The summed E-state index contributed by atoms with van der Waals surface area (Å²) in [6, 6.07) is 15.7. The number of sulfonamides is 1. The van der Waals surface area contributed by atoms with Crippen LogP contribution in [0.25, 0.3) is 0 Å². The molecule has 0 heterocycles. The molecule has 5 heteroatoms. The van der Waals surface area contributed by atoms with Crippen LogP contribution >= 0.6 is 0 Å². The molecule has 0 saturated heterocycles. The number of benzene rings is 2. The predicted molar refractivity (Wildman–Crippen MR) is 137 cm³/mol. The number of hydrogen-bond acceptors (Lipinski definition) is 3. The fraction of sp³-hybridized carbons (Fsp3) is 0.556. The summed E-state index contributed by atoms with van der Waals surface area (Å²) >= 11 is 0. The van der Waals surface area contributed by atoms with E-state index in [1.807, 2.05) is 12.1 Å². The van der Waals surface area contributed by atoms with Crippen LogP contribution in [0.15, 0.2) is 53.4 Å². The highest BCUT2D eigenvalue weighted by atomic mass is 32.2. The Morgan fingerprint density at radius 3 is 1.91 bits per heavy atom. The Balaban J connectivity index is 2.22. The van der Waals surface area contributed by atoms with Crippen molar-refractivity contribution in [2.45, 2.75) is 84.1 Å². The number of hydrogen-bond donors (Lipinski definition) is 0. The van der Waals surface area contributed by atoms with E-state index in [1.54, 1.807) is 16.4 Å². The molecule has 0 radical (unpaired) electrons. The minimum absolute atomic E-state index is 0.380. The molecule has 0 aliphatic rings.